The lowest BCUT2D eigenvalue weighted by Gasteiger charge is -2.18. The molecule has 0 aromatic carbocycles. The Hall–Kier alpha value is -2.16. The van der Waals surface area contributed by atoms with Gasteiger partial charge in [-0.3, -0.25) is 14.4 Å². The summed E-state index contributed by atoms with van der Waals surface area (Å²) >= 11 is 0. The van der Waals surface area contributed by atoms with Gasteiger partial charge >= 0.3 is 23.9 Å². The van der Waals surface area contributed by atoms with E-state index in [1.807, 2.05) is 13.8 Å². The number of rotatable bonds is 8. The molecular weight excluding hydrogens is 288 g/mol. The largest absolute Gasteiger partial charge is 0.481 e. The standard InChI is InChI=1S/C6H8O7.C6H12O2/c7-3(8)1-6(13,5(11)12)2-4(9)10;1-3-5-6(7)8-4-2/h13H,1-2H2,(H,7,8)(H,9,10)(H,11,12);3-5H2,1-2H3. The summed E-state index contributed by atoms with van der Waals surface area (Å²) in [6, 6.07) is 0. The highest BCUT2D eigenvalue weighted by Crippen LogP contribution is 2.15. The van der Waals surface area contributed by atoms with E-state index in [0.29, 0.717) is 13.0 Å². The molecule has 0 aromatic rings. The van der Waals surface area contributed by atoms with Gasteiger partial charge in [0.15, 0.2) is 5.60 Å². The maximum Gasteiger partial charge on any atom is 0.336 e. The van der Waals surface area contributed by atoms with Crippen molar-refractivity contribution in [1.29, 1.82) is 0 Å². The first-order valence-electron chi connectivity index (χ1n) is 6.14. The Morgan fingerprint density at radius 1 is 0.952 bits per heavy atom. The normalized spacial score (nSPS) is 10.0. The van der Waals surface area contributed by atoms with Crippen LogP contribution in [0.4, 0.5) is 0 Å². The van der Waals surface area contributed by atoms with Gasteiger partial charge in [-0.05, 0) is 13.3 Å². The van der Waals surface area contributed by atoms with Crippen LogP contribution in [0.5, 0.6) is 0 Å². The molecule has 0 atom stereocenters. The van der Waals surface area contributed by atoms with Crippen LogP contribution in [0.25, 0.3) is 0 Å². The van der Waals surface area contributed by atoms with Gasteiger partial charge in [0, 0.05) is 6.42 Å². The zero-order valence-electron chi connectivity index (χ0n) is 11.9. The summed E-state index contributed by atoms with van der Waals surface area (Å²) in [5.41, 5.74) is -2.74. The number of carbonyl (C=O) groups is 4. The average Bonchev–Trinajstić information content (AvgIpc) is 2.27. The second-order valence-corrected chi connectivity index (χ2v) is 4.03. The topological polar surface area (TPSA) is 158 Å². The quantitative estimate of drug-likeness (QED) is 0.456. The Morgan fingerprint density at radius 2 is 1.38 bits per heavy atom. The third-order valence-electron chi connectivity index (χ3n) is 2.04. The zero-order valence-corrected chi connectivity index (χ0v) is 11.9. The first-order chi connectivity index (χ1) is 9.58. The van der Waals surface area contributed by atoms with Crippen LogP contribution < -0.4 is 0 Å². The van der Waals surface area contributed by atoms with E-state index in [2.05, 4.69) is 4.74 Å². The van der Waals surface area contributed by atoms with Crippen LogP contribution in [0.1, 0.15) is 39.5 Å². The Kier molecular flexibility index (Phi) is 10.7. The molecule has 0 rings (SSSR count). The molecule has 0 aliphatic rings. The molecule has 0 aliphatic carbocycles. The molecule has 0 unspecified atom stereocenters. The number of aliphatic hydroxyl groups is 1. The summed E-state index contributed by atoms with van der Waals surface area (Å²) in [6.07, 6.45) is -0.865. The number of hydrogen-bond acceptors (Lipinski definition) is 6. The summed E-state index contributed by atoms with van der Waals surface area (Å²) in [5.74, 6) is -5.11. The van der Waals surface area contributed by atoms with Gasteiger partial charge in [0.1, 0.15) is 0 Å². The second kappa shape index (κ2) is 10.6. The van der Waals surface area contributed by atoms with Crippen molar-refractivity contribution < 1.29 is 44.3 Å². The first kappa shape index (κ1) is 21.1. The van der Waals surface area contributed by atoms with Gasteiger partial charge in [-0.1, -0.05) is 6.92 Å². The maximum atomic E-state index is 10.4. The highest BCUT2D eigenvalue weighted by atomic mass is 16.5. The van der Waals surface area contributed by atoms with Gasteiger partial charge in [0.25, 0.3) is 0 Å². The summed E-state index contributed by atoms with van der Waals surface area (Å²) in [7, 11) is 0. The molecule has 0 heterocycles. The SMILES string of the molecule is CCCC(=O)OCC.O=C(O)CC(O)(CC(=O)O)C(=O)O. The third kappa shape index (κ3) is 11.4. The van der Waals surface area contributed by atoms with Gasteiger partial charge in [-0.15, -0.1) is 0 Å². The minimum Gasteiger partial charge on any atom is -0.481 e. The second-order valence-electron chi connectivity index (χ2n) is 4.03. The Labute approximate surface area is 121 Å². The highest BCUT2D eigenvalue weighted by molar-refractivity contribution is 5.88. The predicted molar refractivity (Wildman–Crippen MR) is 68.6 cm³/mol. The molecule has 0 aromatic heterocycles. The lowest BCUT2D eigenvalue weighted by molar-refractivity contribution is -0.170. The predicted octanol–water partition coefficient (Wildman–Crippen LogP) is 0.101. The molecule has 0 saturated heterocycles. The number of aliphatic carboxylic acids is 3. The smallest absolute Gasteiger partial charge is 0.336 e. The molecule has 4 N–H and O–H groups in total. The van der Waals surface area contributed by atoms with Crippen LogP contribution in [-0.2, 0) is 23.9 Å². The van der Waals surface area contributed by atoms with E-state index in [1.165, 1.54) is 0 Å². The van der Waals surface area contributed by atoms with Crippen molar-refractivity contribution in [2.45, 2.75) is 45.1 Å². The molecule has 9 nitrogen and oxygen atoms in total. The fraction of sp³-hybridized carbons (Fsp3) is 0.667. The van der Waals surface area contributed by atoms with Gasteiger partial charge in [-0.25, -0.2) is 4.79 Å². The van der Waals surface area contributed by atoms with Crippen molar-refractivity contribution in [2.24, 2.45) is 0 Å². The Bertz CT molecular complexity index is 351. The summed E-state index contributed by atoms with van der Waals surface area (Å²) in [5, 5.41) is 33.8. The monoisotopic (exact) mass is 308 g/mol. The van der Waals surface area contributed by atoms with Gasteiger partial charge in [0.2, 0.25) is 0 Å². The molecule has 0 aliphatic heterocycles. The fourth-order valence-corrected chi connectivity index (χ4v) is 1.15. The zero-order chi connectivity index (χ0) is 17.1. The number of hydrogen-bond donors (Lipinski definition) is 4. The Morgan fingerprint density at radius 3 is 1.62 bits per heavy atom. The number of carbonyl (C=O) groups excluding carboxylic acids is 1. The van der Waals surface area contributed by atoms with Gasteiger partial charge < -0.3 is 25.2 Å². The lowest BCUT2D eigenvalue weighted by atomic mass is 9.96. The number of carboxylic acid groups (broad SMARTS) is 3. The van der Waals surface area contributed by atoms with E-state index >= 15 is 0 Å². The Balaban J connectivity index is 0. The molecule has 0 amide bonds. The molecule has 122 valence electrons. The minimum absolute atomic E-state index is 0.0880. The van der Waals surface area contributed by atoms with E-state index in [4.69, 9.17) is 20.4 Å². The molecule has 9 heteroatoms. The lowest BCUT2D eigenvalue weighted by Crippen LogP contribution is -2.42. The van der Waals surface area contributed by atoms with Crippen LogP contribution in [0.2, 0.25) is 0 Å². The van der Waals surface area contributed by atoms with Crippen LogP contribution in [0.15, 0.2) is 0 Å². The summed E-state index contributed by atoms with van der Waals surface area (Å²) < 4.78 is 4.64. The van der Waals surface area contributed by atoms with Crippen molar-refractivity contribution in [2.75, 3.05) is 6.61 Å². The van der Waals surface area contributed by atoms with Crippen molar-refractivity contribution >= 4 is 23.9 Å². The van der Waals surface area contributed by atoms with Crippen LogP contribution >= 0.6 is 0 Å². The van der Waals surface area contributed by atoms with Crippen molar-refractivity contribution in [3.05, 3.63) is 0 Å². The first-order valence-corrected chi connectivity index (χ1v) is 6.14. The molecular formula is C12H20O9. The van der Waals surface area contributed by atoms with Crippen molar-refractivity contribution in [3.8, 4) is 0 Å². The third-order valence-corrected chi connectivity index (χ3v) is 2.04. The van der Waals surface area contributed by atoms with Gasteiger partial charge in [0.05, 0.1) is 19.4 Å². The summed E-state index contributed by atoms with van der Waals surface area (Å²) in [6.45, 7) is 4.27. The molecule has 0 fully saturated rings. The fourth-order valence-electron chi connectivity index (χ4n) is 1.15. The van der Waals surface area contributed by atoms with Crippen LogP contribution in [0, 0.1) is 0 Å². The van der Waals surface area contributed by atoms with Crippen molar-refractivity contribution in [3.63, 3.8) is 0 Å². The summed E-state index contributed by atoms with van der Waals surface area (Å²) in [4.78, 5) is 40.9. The molecule has 0 radical (unpaired) electrons. The van der Waals surface area contributed by atoms with Crippen molar-refractivity contribution in [1.82, 2.24) is 0 Å². The van der Waals surface area contributed by atoms with Gasteiger partial charge in [-0.2, -0.15) is 0 Å². The van der Waals surface area contributed by atoms with E-state index in [0.717, 1.165) is 6.42 Å². The molecule has 21 heavy (non-hydrogen) atoms. The highest BCUT2D eigenvalue weighted by Gasteiger charge is 2.40. The van der Waals surface area contributed by atoms with E-state index in [1.54, 1.807) is 0 Å². The number of esters is 1. The minimum atomic E-state index is -2.74. The molecule has 0 spiro atoms. The molecule has 0 saturated carbocycles. The number of carboxylic acids is 3. The molecule has 0 bridgehead atoms. The van der Waals surface area contributed by atoms with E-state index in [-0.39, 0.29) is 5.97 Å². The van der Waals surface area contributed by atoms with Crippen LogP contribution in [0.3, 0.4) is 0 Å². The van der Waals surface area contributed by atoms with E-state index < -0.39 is 36.4 Å². The van der Waals surface area contributed by atoms with E-state index in [9.17, 15) is 19.2 Å². The average molecular weight is 308 g/mol. The maximum absolute atomic E-state index is 10.4. The van der Waals surface area contributed by atoms with Crippen LogP contribution in [-0.4, -0.2) is 56.5 Å². The number of ether oxygens (including phenoxy) is 1.